The van der Waals surface area contributed by atoms with Gasteiger partial charge in [0, 0.05) is 18.3 Å². The van der Waals surface area contributed by atoms with Gasteiger partial charge in [-0.1, -0.05) is 0 Å². The Bertz CT molecular complexity index is 703. The molecule has 0 fully saturated rings. The van der Waals surface area contributed by atoms with Crippen LogP contribution < -0.4 is 15.8 Å². The molecule has 2 heterocycles. The van der Waals surface area contributed by atoms with E-state index >= 15 is 0 Å². The predicted molar refractivity (Wildman–Crippen MR) is 76.4 cm³/mol. The predicted octanol–water partition coefficient (Wildman–Crippen LogP) is 1.39. The van der Waals surface area contributed by atoms with E-state index in [1.807, 2.05) is 6.20 Å². The zero-order valence-corrected chi connectivity index (χ0v) is 11.2. The maximum absolute atomic E-state index is 11.6. The molecule has 0 saturated carbocycles. The van der Waals surface area contributed by atoms with E-state index in [2.05, 4.69) is 15.5 Å². The maximum Gasteiger partial charge on any atom is 0.250 e. The molecule has 1 aliphatic heterocycles. The minimum atomic E-state index is -0.479. The second-order valence-corrected chi connectivity index (χ2v) is 4.76. The molecule has 6 heteroatoms. The molecule has 0 saturated heterocycles. The van der Waals surface area contributed by atoms with Gasteiger partial charge in [0.05, 0.1) is 29.8 Å². The molecule has 0 aliphatic carbocycles. The minimum absolute atomic E-state index is 0.430. The zero-order valence-electron chi connectivity index (χ0n) is 11.2. The number of nitrogens with zero attached hydrogens (tertiary/aromatic N) is 1. The average molecular weight is 272 g/mol. The van der Waals surface area contributed by atoms with Crippen molar-refractivity contribution in [3.8, 4) is 5.75 Å². The quantitative estimate of drug-likeness (QED) is 0.787. The van der Waals surface area contributed by atoms with Crippen LogP contribution >= 0.6 is 0 Å². The number of aromatic amines is 1. The number of rotatable bonds is 3. The number of primary amides is 1. The largest absolute Gasteiger partial charge is 0.495 e. The molecule has 104 valence electrons. The number of carbonyl (C=O) groups excluding carboxylic acids is 1. The van der Waals surface area contributed by atoms with Gasteiger partial charge in [0.1, 0.15) is 5.75 Å². The van der Waals surface area contributed by atoms with Crippen molar-refractivity contribution < 1.29 is 9.53 Å². The van der Waals surface area contributed by atoms with Gasteiger partial charge in [-0.05, 0) is 24.5 Å². The lowest BCUT2D eigenvalue weighted by molar-refractivity contribution is 0.100. The maximum atomic E-state index is 11.6. The summed E-state index contributed by atoms with van der Waals surface area (Å²) in [6.45, 7) is 0.961. The van der Waals surface area contributed by atoms with E-state index in [9.17, 15) is 4.79 Å². The van der Waals surface area contributed by atoms with Crippen LogP contribution in [-0.2, 0) is 0 Å². The third-order valence-electron chi connectivity index (χ3n) is 3.55. The van der Waals surface area contributed by atoms with Gasteiger partial charge >= 0.3 is 0 Å². The molecule has 1 aromatic heterocycles. The normalized spacial score (nSPS) is 14.8. The second kappa shape index (κ2) is 4.88. The molecule has 4 N–H and O–H groups in total. The highest BCUT2D eigenvalue weighted by atomic mass is 16.5. The molecule has 0 unspecified atom stereocenters. The Kier molecular flexibility index (Phi) is 3.06. The smallest absolute Gasteiger partial charge is 0.250 e. The van der Waals surface area contributed by atoms with Crippen LogP contribution in [0.25, 0.3) is 16.5 Å². The van der Waals surface area contributed by atoms with Crippen LogP contribution in [0.1, 0.15) is 28.8 Å². The Morgan fingerprint density at radius 1 is 1.50 bits per heavy atom. The first-order valence-electron chi connectivity index (χ1n) is 6.49. The number of methoxy groups -OCH3 is 1. The van der Waals surface area contributed by atoms with Crippen molar-refractivity contribution in [2.45, 2.75) is 12.8 Å². The Balaban J connectivity index is 2.29. The lowest BCUT2D eigenvalue weighted by Crippen LogP contribution is -2.15. The number of hydrogen-bond acceptors (Lipinski definition) is 4. The first-order chi connectivity index (χ1) is 9.72. The monoisotopic (exact) mass is 272 g/mol. The molecule has 2 aromatic rings. The Hall–Kier alpha value is -2.50. The molecular weight excluding hydrogens is 256 g/mol. The molecule has 0 radical (unpaired) electrons. The zero-order chi connectivity index (χ0) is 14.1. The van der Waals surface area contributed by atoms with Gasteiger partial charge in [0.2, 0.25) is 0 Å². The summed E-state index contributed by atoms with van der Waals surface area (Å²) in [5, 5.41) is 10.8. The lowest BCUT2D eigenvalue weighted by Gasteiger charge is -2.18. The fourth-order valence-corrected chi connectivity index (χ4v) is 2.60. The minimum Gasteiger partial charge on any atom is -0.495 e. The fourth-order valence-electron chi connectivity index (χ4n) is 2.60. The van der Waals surface area contributed by atoms with Crippen molar-refractivity contribution in [3.05, 3.63) is 29.6 Å². The SMILES string of the molecule is COc1c(C2=CNCCC2)cc(C(N)=O)c2[nH]ncc12. The molecule has 6 nitrogen and oxygen atoms in total. The van der Waals surface area contributed by atoms with Crippen LogP contribution in [0.15, 0.2) is 18.5 Å². The number of hydrogen-bond donors (Lipinski definition) is 3. The molecule has 20 heavy (non-hydrogen) atoms. The number of fused-ring (bicyclic) bond motifs is 1. The van der Waals surface area contributed by atoms with E-state index in [4.69, 9.17) is 10.5 Å². The van der Waals surface area contributed by atoms with E-state index in [1.165, 1.54) is 0 Å². The number of benzene rings is 1. The highest BCUT2D eigenvalue weighted by Crippen LogP contribution is 2.37. The summed E-state index contributed by atoms with van der Waals surface area (Å²) in [5.74, 6) is 0.237. The average Bonchev–Trinajstić information content (AvgIpc) is 2.95. The first kappa shape index (κ1) is 12.5. The number of amides is 1. The summed E-state index contributed by atoms with van der Waals surface area (Å²) in [6, 6.07) is 1.78. The van der Waals surface area contributed by atoms with E-state index in [0.717, 1.165) is 35.9 Å². The number of carbonyl (C=O) groups is 1. The molecule has 1 aliphatic rings. The molecule has 1 aromatic carbocycles. The molecular formula is C14H16N4O2. The van der Waals surface area contributed by atoms with Gasteiger partial charge in [0.15, 0.2) is 0 Å². The topological polar surface area (TPSA) is 93.0 Å². The second-order valence-electron chi connectivity index (χ2n) is 4.76. The number of allylic oxidation sites excluding steroid dienone is 1. The van der Waals surface area contributed by atoms with Crippen molar-refractivity contribution in [3.63, 3.8) is 0 Å². The lowest BCUT2D eigenvalue weighted by atomic mass is 9.95. The summed E-state index contributed by atoms with van der Waals surface area (Å²) in [7, 11) is 1.62. The standard InChI is InChI=1S/C14H16N4O2/c1-20-13-9(8-3-2-4-16-6-8)5-10(14(15)19)12-11(13)7-17-18-12/h5-7,16H,2-4H2,1H3,(H2,15,19)(H,17,18). The van der Waals surface area contributed by atoms with Crippen molar-refractivity contribution in [1.29, 1.82) is 0 Å². The van der Waals surface area contributed by atoms with Gasteiger partial charge in [-0.15, -0.1) is 0 Å². The van der Waals surface area contributed by atoms with Gasteiger partial charge in [-0.2, -0.15) is 5.10 Å². The molecule has 0 atom stereocenters. The Labute approximate surface area is 116 Å². The van der Waals surface area contributed by atoms with Crippen LogP contribution in [0.4, 0.5) is 0 Å². The number of ether oxygens (including phenoxy) is 1. The molecule has 1 amide bonds. The van der Waals surface area contributed by atoms with Crippen molar-refractivity contribution in [2.75, 3.05) is 13.7 Å². The number of nitrogens with one attached hydrogen (secondary N) is 2. The third-order valence-corrected chi connectivity index (χ3v) is 3.55. The molecule has 3 rings (SSSR count). The Morgan fingerprint density at radius 2 is 2.35 bits per heavy atom. The summed E-state index contributed by atoms with van der Waals surface area (Å²) >= 11 is 0. The van der Waals surface area contributed by atoms with Crippen molar-refractivity contribution in [1.82, 2.24) is 15.5 Å². The van der Waals surface area contributed by atoms with Crippen LogP contribution in [0.5, 0.6) is 5.75 Å². The van der Waals surface area contributed by atoms with E-state index < -0.39 is 5.91 Å². The van der Waals surface area contributed by atoms with Gasteiger partial charge in [-0.25, -0.2) is 0 Å². The van der Waals surface area contributed by atoms with Crippen LogP contribution in [-0.4, -0.2) is 29.8 Å². The fraction of sp³-hybridized carbons (Fsp3) is 0.286. The van der Waals surface area contributed by atoms with Gasteiger partial charge < -0.3 is 15.8 Å². The van der Waals surface area contributed by atoms with E-state index in [-0.39, 0.29) is 0 Å². The number of nitrogens with two attached hydrogens (primary N) is 1. The summed E-state index contributed by atoms with van der Waals surface area (Å²) in [5.41, 5.74) is 8.51. The summed E-state index contributed by atoms with van der Waals surface area (Å²) < 4.78 is 5.52. The first-order valence-corrected chi connectivity index (χ1v) is 6.49. The van der Waals surface area contributed by atoms with Crippen LogP contribution in [0, 0.1) is 0 Å². The molecule has 0 spiro atoms. The highest BCUT2D eigenvalue weighted by molar-refractivity contribution is 6.08. The number of H-pyrrole nitrogens is 1. The van der Waals surface area contributed by atoms with Gasteiger partial charge in [-0.3, -0.25) is 9.89 Å². The summed E-state index contributed by atoms with van der Waals surface area (Å²) in [6.07, 6.45) is 5.61. The van der Waals surface area contributed by atoms with Crippen LogP contribution in [0.3, 0.4) is 0 Å². The van der Waals surface area contributed by atoms with Crippen molar-refractivity contribution >= 4 is 22.4 Å². The van der Waals surface area contributed by atoms with E-state index in [0.29, 0.717) is 16.8 Å². The highest BCUT2D eigenvalue weighted by Gasteiger charge is 2.20. The third kappa shape index (κ3) is 1.89. The Morgan fingerprint density at radius 3 is 3.00 bits per heavy atom. The summed E-state index contributed by atoms with van der Waals surface area (Å²) in [4.78, 5) is 11.6. The van der Waals surface area contributed by atoms with Crippen LogP contribution in [0.2, 0.25) is 0 Å². The number of aromatic nitrogens is 2. The van der Waals surface area contributed by atoms with Crippen molar-refractivity contribution in [2.24, 2.45) is 5.73 Å². The van der Waals surface area contributed by atoms with E-state index in [1.54, 1.807) is 19.4 Å². The molecule has 0 bridgehead atoms. The van der Waals surface area contributed by atoms with Gasteiger partial charge in [0.25, 0.3) is 5.91 Å².